The van der Waals surface area contributed by atoms with Crippen LogP contribution in [0.15, 0.2) is 73.8 Å². The number of rotatable bonds is 12. The third-order valence-corrected chi connectivity index (χ3v) is 11.3. The maximum Gasteiger partial charge on any atom is 0.251 e. The van der Waals surface area contributed by atoms with Crippen molar-refractivity contribution >= 4 is 35.2 Å². The van der Waals surface area contributed by atoms with Gasteiger partial charge in [0.25, 0.3) is 5.91 Å². The van der Waals surface area contributed by atoms with Crippen LogP contribution in [0.5, 0.6) is 0 Å². The summed E-state index contributed by atoms with van der Waals surface area (Å²) in [7, 11) is 0. The quantitative estimate of drug-likeness (QED) is 0.344. The summed E-state index contributed by atoms with van der Waals surface area (Å²) in [6.07, 6.45) is 5.66. The Morgan fingerprint density at radius 2 is 1.74 bits per heavy atom. The van der Waals surface area contributed by atoms with E-state index < -0.39 is 28.7 Å². The lowest BCUT2D eigenvalue weighted by molar-refractivity contribution is -0.145. The molecule has 1 spiro atoms. The standard InChI is InChI=1S/C35H43N3O4S/c1-6-19-36(20-7-2)32(40)28-27-17-18-35(43-27)29(28)33(41)38(26(22-39)25-15-10-9-11-16-25)31(35)34(42)37(21-8-3)30-23(4)13-12-14-24(30)5/h6,8-16,26-29,31,39H,1,3,7,17-22H2,2,4-5H3/t26-,27-,28+,29+,31?,35?/m1/s1. The fraction of sp³-hybridized carbons (Fsp3) is 0.457. The van der Waals surface area contributed by atoms with Crippen LogP contribution in [0.2, 0.25) is 0 Å². The lowest BCUT2D eigenvalue weighted by Crippen LogP contribution is -2.56. The molecule has 5 rings (SSSR count). The third-order valence-electron chi connectivity index (χ3n) is 9.39. The molecule has 0 saturated carbocycles. The van der Waals surface area contributed by atoms with Crippen molar-refractivity contribution in [2.75, 3.05) is 31.1 Å². The molecule has 3 heterocycles. The third kappa shape index (κ3) is 5.12. The van der Waals surface area contributed by atoms with E-state index in [4.69, 9.17) is 0 Å². The van der Waals surface area contributed by atoms with Crippen molar-refractivity contribution in [3.8, 4) is 0 Å². The van der Waals surface area contributed by atoms with Gasteiger partial charge in [0, 0.05) is 30.6 Å². The summed E-state index contributed by atoms with van der Waals surface area (Å²) in [5.41, 5.74) is 3.48. The number of carbonyl (C=O) groups is 3. The van der Waals surface area contributed by atoms with Crippen LogP contribution in [0.3, 0.4) is 0 Å². The van der Waals surface area contributed by atoms with Crippen LogP contribution in [-0.4, -0.2) is 74.9 Å². The Hall–Kier alpha value is -3.36. The number of hydrogen-bond donors (Lipinski definition) is 1. The van der Waals surface area contributed by atoms with Crippen LogP contribution in [0.25, 0.3) is 0 Å². The first-order valence-electron chi connectivity index (χ1n) is 15.3. The van der Waals surface area contributed by atoms with Crippen molar-refractivity contribution in [3.63, 3.8) is 0 Å². The van der Waals surface area contributed by atoms with E-state index in [-0.39, 0.29) is 36.1 Å². The molecule has 2 aromatic rings. The molecule has 3 saturated heterocycles. The molecule has 0 radical (unpaired) electrons. The van der Waals surface area contributed by atoms with Gasteiger partial charge in [-0.2, -0.15) is 0 Å². The first kappa shape index (κ1) is 31.1. The normalized spacial score (nSPS) is 26.2. The van der Waals surface area contributed by atoms with Gasteiger partial charge in [0.2, 0.25) is 11.8 Å². The van der Waals surface area contributed by atoms with E-state index in [1.165, 1.54) is 0 Å². The minimum atomic E-state index is -0.854. The molecule has 0 aromatic heterocycles. The summed E-state index contributed by atoms with van der Waals surface area (Å²) in [5, 5.41) is 10.8. The predicted molar refractivity (Wildman–Crippen MR) is 173 cm³/mol. The van der Waals surface area contributed by atoms with Gasteiger partial charge < -0.3 is 19.8 Å². The predicted octanol–water partition coefficient (Wildman–Crippen LogP) is 5.07. The fourth-order valence-electron chi connectivity index (χ4n) is 7.74. The smallest absolute Gasteiger partial charge is 0.251 e. The number of nitrogens with zero attached hydrogens (tertiary/aromatic N) is 3. The summed E-state index contributed by atoms with van der Waals surface area (Å²) >= 11 is 1.65. The van der Waals surface area contributed by atoms with E-state index in [0.717, 1.165) is 35.2 Å². The van der Waals surface area contributed by atoms with Crippen LogP contribution < -0.4 is 4.90 Å². The number of aliphatic hydroxyl groups is 1. The lowest BCUT2D eigenvalue weighted by Gasteiger charge is -2.40. The SMILES string of the molecule is C=CCN(CCC)C(=O)[C@@H]1[C@H]2C(=O)N([C@H](CO)c3ccccc3)C(C(=O)N(CC=C)c3c(C)cccc3C)C23CC[C@H]1S3. The van der Waals surface area contributed by atoms with Crippen molar-refractivity contribution in [1.29, 1.82) is 0 Å². The number of aryl methyl sites for hydroxylation is 2. The van der Waals surface area contributed by atoms with Gasteiger partial charge in [-0.3, -0.25) is 14.4 Å². The van der Waals surface area contributed by atoms with E-state index in [1.54, 1.807) is 38.6 Å². The van der Waals surface area contributed by atoms with Crippen molar-refractivity contribution in [1.82, 2.24) is 9.80 Å². The minimum absolute atomic E-state index is 0.0369. The fourth-order valence-corrected chi connectivity index (χ4v) is 9.94. The molecule has 43 heavy (non-hydrogen) atoms. The highest BCUT2D eigenvalue weighted by atomic mass is 32.2. The van der Waals surface area contributed by atoms with Gasteiger partial charge in [-0.1, -0.05) is 67.6 Å². The van der Waals surface area contributed by atoms with Crippen molar-refractivity contribution in [3.05, 3.63) is 90.5 Å². The molecule has 6 atom stereocenters. The average molecular weight is 602 g/mol. The van der Waals surface area contributed by atoms with Crippen LogP contribution in [0.1, 0.15) is 48.9 Å². The molecule has 3 fully saturated rings. The molecular weight excluding hydrogens is 558 g/mol. The Morgan fingerprint density at radius 1 is 1.07 bits per heavy atom. The van der Waals surface area contributed by atoms with Gasteiger partial charge in [-0.15, -0.1) is 24.9 Å². The second-order valence-electron chi connectivity index (χ2n) is 12.0. The molecule has 3 aliphatic rings. The first-order chi connectivity index (χ1) is 20.7. The van der Waals surface area contributed by atoms with E-state index in [1.807, 2.05) is 69.3 Å². The number of benzene rings is 2. The molecule has 1 N–H and O–H groups in total. The summed E-state index contributed by atoms with van der Waals surface area (Å²) < 4.78 is -0.774. The Morgan fingerprint density at radius 3 is 2.35 bits per heavy atom. The van der Waals surface area contributed by atoms with E-state index in [9.17, 15) is 14.7 Å². The maximum atomic E-state index is 15.1. The summed E-state index contributed by atoms with van der Waals surface area (Å²) in [5.74, 6) is -1.63. The number of fused-ring (bicyclic) bond motifs is 1. The van der Waals surface area contributed by atoms with Gasteiger partial charge in [0.05, 0.1) is 29.2 Å². The second kappa shape index (κ2) is 12.7. The summed E-state index contributed by atoms with van der Waals surface area (Å²) in [6.45, 7) is 14.8. The van der Waals surface area contributed by atoms with Gasteiger partial charge >= 0.3 is 0 Å². The monoisotopic (exact) mass is 601 g/mol. The Labute approximate surface area is 259 Å². The molecule has 2 unspecified atom stereocenters. The van der Waals surface area contributed by atoms with Crippen molar-refractivity contribution in [2.45, 2.75) is 62.1 Å². The van der Waals surface area contributed by atoms with E-state index in [0.29, 0.717) is 19.5 Å². The van der Waals surface area contributed by atoms with Crippen LogP contribution >= 0.6 is 11.8 Å². The number of para-hydroxylation sites is 1. The Balaban J connectivity index is 1.66. The molecule has 2 bridgehead atoms. The molecular formula is C35H43N3O4S. The zero-order valence-corrected chi connectivity index (χ0v) is 26.3. The Kier molecular flexibility index (Phi) is 9.18. The number of hydrogen-bond acceptors (Lipinski definition) is 5. The van der Waals surface area contributed by atoms with Gasteiger partial charge in [-0.25, -0.2) is 0 Å². The highest BCUT2D eigenvalue weighted by Crippen LogP contribution is 2.67. The average Bonchev–Trinajstić information content (AvgIpc) is 3.64. The van der Waals surface area contributed by atoms with Crippen LogP contribution in [0, 0.1) is 25.7 Å². The van der Waals surface area contributed by atoms with E-state index in [2.05, 4.69) is 13.2 Å². The van der Waals surface area contributed by atoms with Crippen LogP contribution in [0.4, 0.5) is 5.69 Å². The van der Waals surface area contributed by atoms with E-state index >= 15 is 4.79 Å². The van der Waals surface area contributed by atoms with Gasteiger partial charge in [0.1, 0.15) is 6.04 Å². The summed E-state index contributed by atoms with van der Waals surface area (Å²) in [6, 6.07) is 13.8. The number of thioether (sulfide) groups is 1. The van der Waals surface area contributed by atoms with Crippen LogP contribution in [-0.2, 0) is 14.4 Å². The maximum absolute atomic E-state index is 15.1. The number of carbonyl (C=O) groups excluding carboxylic acids is 3. The highest BCUT2D eigenvalue weighted by molar-refractivity contribution is 8.02. The van der Waals surface area contributed by atoms with Gasteiger partial charge in [0.15, 0.2) is 0 Å². The summed E-state index contributed by atoms with van der Waals surface area (Å²) in [4.78, 5) is 49.2. The van der Waals surface area contributed by atoms with Crippen molar-refractivity contribution in [2.24, 2.45) is 11.8 Å². The number of anilines is 1. The second-order valence-corrected chi connectivity index (χ2v) is 13.6. The number of amides is 3. The lowest BCUT2D eigenvalue weighted by atomic mass is 9.70. The van der Waals surface area contributed by atoms with Crippen molar-refractivity contribution < 1.29 is 19.5 Å². The highest BCUT2D eigenvalue weighted by Gasteiger charge is 2.74. The molecule has 2 aromatic carbocycles. The van der Waals surface area contributed by atoms with Gasteiger partial charge in [-0.05, 0) is 49.8 Å². The molecule has 0 aliphatic carbocycles. The minimum Gasteiger partial charge on any atom is -0.394 e. The molecule has 3 aliphatic heterocycles. The molecule has 228 valence electrons. The molecule has 7 nitrogen and oxygen atoms in total. The molecule has 8 heteroatoms. The largest absolute Gasteiger partial charge is 0.394 e. The first-order valence-corrected chi connectivity index (χ1v) is 16.2. The number of aliphatic hydroxyl groups excluding tert-OH is 1. The number of likely N-dealkylation sites (tertiary alicyclic amines) is 1. The topological polar surface area (TPSA) is 81.2 Å². The molecule has 3 amide bonds. The zero-order valence-electron chi connectivity index (χ0n) is 25.4. The Bertz CT molecular complexity index is 1380. The zero-order chi connectivity index (χ0) is 30.9.